The minimum absolute atomic E-state index is 0.198. The van der Waals surface area contributed by atoms with Gasteiger partial charge in [0.05, 0.1) is 15.9 Å². The highest BCUT2D eigenvalue weighted by atomic mass is 32.1. The van der Waals surface area contributed by atoms with Gasteiger partial charge in [-0.3, -0.25) is 9.69 Å². The highest BCUT2D eigenvalue weighted by Gasteiger charge is 2.26. The fraction of sp³-hybridized carbons (Fsp3) is 0.542. The van der Waals surface area contributed by atoms with Gasteiger partial charge in [0.1, 0.15) is 6.10 Å². The molecular weight excluding hydrogens is 464 g/mol. The van der Waals surface area contributed by atoms with Gasteiger partial charge >= 0.3 is 0 Å². The molecule has 186 valence electrons. The molecule has 3 aromatic heterocycles. The molecular formula is C24H32N8O2S. The number of anilines is 2. The number of fused-ring (bicyclic) bond motifs is 1. The third-order valence-electron chi connectivity index (χ3n) is 6.83. The zero-order chi connectivity index (χ0) is 24.5. The van der Waals surface area contributed by atoms with Crippen LogP contribution in [-0.2, 0) is 11.3 Å². The lowest BCUT2D eigenvalue weighted by Gasteiger charge is -2.35. The molecule has 5 rings (SSSR count). The number of carbonyl (C=O) groups is 1. The number of aliphatic hydroxyl groups excluding tert-OH is 1. The molecule has 0 radical (unpaired) electrons. The zero-order valence-corrected chi connectivity index (χ0v) is 21.1. The van der Waals surface area contributed by atoms with Crippen LogP contribution < -0.4 is 10.6 Å². The molecule has 2 fully saturated rings. The number of rotatable bonds is 5. The number of aryl methyl sites for hydroxylation is 1. The van der Waals surface area contributed by atoms with Gasteiger partial charge in [-0.1, -0.05) is 0 Å². The molecule has 11 heteroatoms. The third kappa shape index (κ3) is 4.93. The number of nitrogen functional groups attached to an aromatic ring is 1. The van der Waals surface area contributed by atoms with Crippen molar-refractivity contribution in [2.75, 3.05) is 49.9 Å². The molecule has 2 aliphatic rings. The molecule has 0 aliphatic carbocycles. The van der Waals surface area contributed by atoms with Gasteiger partial charge in [0.25, 0.3) is 5.91 Å². The van der Waals surface area contributed by atoms with Crippen LogP contribution in [0.1, 0.15) is 36.6 Å². The predicted octanol–water partition coefficient (Wildman–Crippen LogP) is 2.05. The minimum atomic E-state index is -0.953. The predicted molar refractivity (Wildman–Crippen MR) is 137 cm³/mol. The van der Waals surface area contributed by atoms with E-state index in [1.165, 1.54) is 23.8 Å². The van der Waals surface area contributed by atoms with E-state index in [-0.39, 0.29) is 11.9 Å². The van der Waals surface area contributed by atoms with Crippen LogP contribution >= 0.6 is 11.3 Å². The summed E-state index contributed by atoms with van der Waals surface area (Å²) in [5.41, 5.74) is 9.61. The molecule has 10 nitrogen and oxygen atoms in total. The van der Waals surface area contributed by atoms with Crippen molar-refractivity contribution in [3.8, 4) is 11.3 Å². The Morgan fingerprint density at radius 2 is 1.77 bits per heavy atom. The number of nitrogens with zero attached hydrogens (tertiary/aromatic N) is 7. The van der Waals surface area contributed by atoms with Gasteiger partial charge in [0, 0.05) is 74.2 Å². The first kappa shape index (κ1) is 23.8. The van der Waals surface area contributed by atoms with Crippen LogP contribution in [0.2, 0.25) is 0 Å². The maximum Gasteiger partial charge on any atom is 0.251 e. The molecule has 35 heavy (non-hydrogen) atoms. The monoisotopic (exact) mass is 496 g/mol. The summed E-state index contributed by atoms with van der Waals surface area (Å²) in [7, 11) is 0. The summed E-state index contributed by atoms with van der Waals surface area (Å²) in [6.45, 7) is 9.10. The third-order valence-corrected chi connectivity index (χ3v) is 7.97. The molecule has 3 aromatic rings. The summed E-state index contributed by atoms with van der Waals surface area (Å²) in [5.74, 6) is 0.804. The van der Waals surface area contributed by atoms with Crippen LogP contribution in [0.5, 0.6) is 0 Å². The number of carbonyl (C=O) groups excluding carboxylic acids is 1. The Hall–Kier alpha value is -2.89. The number of aliphatic hydroxyl groups is 1. The van der Waals surface area contributed by atoms with E-state index < -0.39 is 6.10 Å². The van der Waals surface area contributed by atoms with Crippen molar-refractivity contribution in [1.82, 2.24) is 29.7 Å². The fourth-order valence-electron chi connectivity index (χ4n) is 4.81. The molecule has 0 unspecified atom stereocenters. The number of aromatic nitrogens is 4. The van der Waals surface area contributed by atoms with Crippen molar-refractivity contribution in [1.29, 1.82) is 0 Å². The normalized spacial score (nSPS) is 18.3. The van der Waals surface area contributed by atoms with Crippen molar-refractivity contribution in [2.24, 2.45) is 0 Å². The summed E-state index contributed by atoms with van der Waals surface area (Å²) in [4.78, 5) is 38.2. The Kier molecular flexibility index (Phi) is 6.81. The van der Waals surface area contributed by atoms with Gasteiger partial charge in [-0.2, -0.15) is 0 Å². The fourth-order valence-corrected chi connectivity index (χ4v) is 5.93. The lowest BCUT2D eigenvalue weighted by molar-refractivity contribution is -0.141. The molecule has 5 heterocycles. The van der Waals surface area contributed by atoms with E-state index in [0.29, 0.717) is 13.1 Å². The number of piperidine rings is 1. The Morgan fingerprint density at radius 3 is 2.43 bits per heavy atom. The highest BCUT2D eigenvalue weighted by Crippen LogP contribution is 2.38. The van der Waals surface area contributed by atoms with Gasteiger partial charge in [0.2, 0.25) is 11.9 Å². The van der Waals surface area contributed by atoms with Gasteiger partial charge in [-0.15, -0.1) is 11.3 Å². The van der Waals surface area contributed by atoms with E-state index in [1.54, 1.807) is 28.6 Å². The number of amides is 1. The van der Waals surface area contributed by atoms with Crippen LogP contribution in [-0.4, -0.2) is 86.1 Å². The molecule has 0 aromatic carbocycles. The SMILES string of the molecule is Cc1sc2c(-c3cnc(N)nc3)nc(N3CCCCC3)nc2c1CN1CCN(C(=O)[C@H](C)O)CC1. The topological polar surface area (TPSA) is 125 Å². The molecule has 2 aliphatic heterocycles. The van der Waals surface area contributed by atoms with Crippen LogP contribution in [0.25, 0.3) is 21.5 Å². The second kappa shape index (κ2) is 10.00. The smallest absolute Gasteiger partial charge is 0.251 e. The summed E-state index contributed by atoms with van der Waals surface area (Å²) >= 11 is 1.70. The number of thiophene rings is 1. The van der Waals surface area contributed by atoms with E-state index in [4.69, 9.17) is 15.7 Å². The number of piperazine rings is 1. The zero-order valence-electron chi connectivity index (χ0n) is 20.3. The van der Waals surface area contributed by atoms with E-state index in [0.717, 1.165) is 73.0 Å². The molecule has 0 bridgehead atoms. The van der Waals surface area contributed by atoms with Crippen molar-refractivity contribution >= 4 is 39.4 Å². The van der Waals surface area contributed by atoms with E-state index in [9.17, 15) is 9.90 Å². The second-order valence-corrected chi connectivity index (χ2v) is 10.6. The number of nitrogens with two attached hydrogens (primary N) is 1. The van der Waals surface area contributed by atoms with Gasteiger partial charge < -0.3 is 20.6 Å². The van der Waals surface area contributed by atoms with Crippen LogP contribution in [0, 0.1) is 6.92 Å². The average molecular weight is 497 g/mol. The maximum absolute atomic E-state index is 12.2. The first-order valence-corrected chi connectivity index (χ1v) is 13.0. The van der Waals surface area contributed by atoms with Crippen molar-refractivity contribution in [3.05, 3.63) is 22.8 Å². The molecule has 3 N–H and O–H groups in total. The van der Waals surface area contributed by atoms with Crippen molar-refractivity contribution in [2.45, 2.75) is 45.8 Å². The van der Waals surface area contributed by atoms with Gasteiger partial charge in [-0.05, 0) is 33.1 Å². The Balaban J connectivity index is 1.49. The van der Waals surface area contributed by atoms with E-state index in [1.807, 2.05) is 0 Å². The van der Waals surface area contributed by atoms with Gasteiger partial charge in [-0.25, -0.2) is 19.9 Å². The minimum Gasteiger partial charge on any atom is -0.384 e. The lowest BCUT2D eigenvalue weighted by Crippen LogP contribution is -2.50. The van der Waals surface area contributed by atoms with E-state index >= 15 is 0 Å². The maximum atomic E-state index is 12.2. The van der Waals surface area contributed by atoms with Crippen molar-refractivity contribution < 1.29 is 9.90 Å². The molecule has 1 amide bonds. The first-order chi connectivity index (χ1) is 16.9. The lowest BCUT2D eigenvalue weighted by atomic mass is 10.1. The summed E-state index contributed by atoms with van der Waals surface area (Å²) < 4.78 is 1.04. The van der Waals surface area contributed by atoms with Crippen LogP contribution in [0.4, 0.5) is 11.9 Å². The summed E-state index contributed by atoms with van der Waals surface area (Å²) in [6.07, 6.45) is 6.04. The summed E-state index contributed by atoms with van der Waals surface area (Å²) in [5, 5.41) is 9.63. The highest BCUT2D eigenvalue weighted by molar-refractivity contribution is 7.19. The number of hydrogen-bond donors (Lipinski definition) is 2. The molecule has 1 atom stereocenters. The Bertz CT molecular complexity index is 1200. The molecule has 0 spiro atoms. The Morgan fingerprint density at radius 1 is 1.09 bits per heavy atom. The standard InChI is InChI=1S/C24H32N8O2S/c1-15(33)22(34)31-10-8-30(9-11-31)14-18-16(2)35-21-19(17-12-26-23(25)27-13-17)28-24(29-20(18)21)32-6-4-3-5-7-32/h12-13,15,33H,3-11,14H2,1-2H3,(H2,25,26,27)/t15-/m0/s1. The summed E-state index contributed by atoms with van der Waals surface area (Å²) in [6, 6.07) is 0. The Labute approximate surface area is 208 Å². The first-order valence-electron chi connectivity index (χ1n) is 12.2. The largest absolute Gasteiger partial charge is 0.384 e. The van der Waals surface area contributed by atoms with Crippen LogP contribution in [0.15, 0.2) is 12.4 Å². The van der Waals surface area contributed by atoms with Crippen molar-refractivity contribution in [3.63, 3.8) is 0 Å². The molecule has 2 saturated heterocycles. The quantitative estimate of drug-likeness (QED) is 0.546. The second-order valence-electron chi connectivity index (χ2n) is 9.34. The van der Waals surface area contributed by atoms with Crippen LogP contribution in [0.3, 0.4) is 0 Å². The average Bonchev–Trinajstić information content (AvgIpc) is 3.19. The van der Waals surface area contributed by atoms with Gasteiger partial charge in [0.15, 0.2) is 0 Å². The molecule has 0 saturated carbocycles. The van der Waals surface area contributed by atoms with E-state index in [2.05, 4.69) is 26.7 Å². The number of hydrogen-bond acceptors (Lipinski definition) is 10.